The lowest BCUT2D eigenvalue weighted by Gasteiger charge is -2.28. The van der Waals surface area contributed by atoms with Gasteiger partial charge in [0, 0.05) is 18.4 Å². The summed E-state index contributed by atoms with van der Waals surface area (Å²) >= 11 is 0. The molecule has 0 radical (unpaired) electrons. The van der Waals surface area contributed by atoms with Gasteiger partial charge in [-0.15, -0.1) is 0 Å². The number of nitrogens with one attached hydrogen (secondary N) is 1. The van der Waals surface area contributed by atoms with E-state index in [1.54, 1.807) is 0 Å². The first-order valence-electron chi connectivity index (χ1n) is 6.55. The van der Waals surface area contributed by atoms with Gasteiger partial charge in [0.25, 0.3) is 0 Å². The average Bonchev–Trinajstić information content (AvgIpc) is 2.81. The van der Waals surface area contributed by atoms with Crippen LogP contribution in [-0.4, -0.2) is 18.9 Å². The number of Topliss-reactive ketones (excluding diaryl/α,β-unsaturated/α-hetero) is 1. The van der Waals surface area contributed by atoms with Gasteiger partial charge in [-0.3, -0.25) is 4.79 Å². The lowest BCUT2D eigenvalue weighted by Crippen LogP contribution is -2.29. The van der Waals surface area contributed by atoms with Gasteiger partial charge in [0.1, 0.15) is 5.78 Å². The first kappa shape index (κ1) is 11.1. The molecule has 2 fully saturated rings. The van der Waals surface area contributed by atoms with E-state index in [0.717, 1.165) is 31.8 Å². The summed E-state index contributed by atoms with van der Waals surface area (Å²) in [6.45, 7) is 4.24. The third-order valence-corrected chi connectivity index (χ3v) is 4.23. The van der Waals surface area contributed by atoms with Crippen LogP contribution in [0, 0.1) is 17.8 Å². The summed E-state index contributed by atoms with van der Waals surface area (Å²) in [6.07, 6.45) is 7.29. The molecular weight excluding hydrogens is 186 g/mol. The summed E-state index contributed by atoms with van der Waals surface area (Å²) in [4.78, 5) is 12.2. The van der Waals surface area contributed by atoms with Crippen LogP contribution in [0.4, 0.5) is 0 Å². The van der Waals surface area contributed by atoms with Crippen LogP contribution in [0.1, 0.15) is 45.4 Å². The van der Waals surface area contributed by atoms with Crippen molar-refractivity contribution in [2.24, 2.45) is 17.8 Å². The lowest BCUT2D eigenvalue weighted by molar-refractivity contribution is -0.127. The zero-order valence-electron chi connectivity index (χ0n) is 9.80. The first-order chi connectivity index (χ1) is 7.31. The summed E-state index contributed by atoms with van der Waals surface area (Å²) in [7, 11) is 0. The Morgan fingerprint density at radius 1 is 1.27 bits per heavy atom. The van der Waals surface area contributed by atoms with Crippen molar-refractivity contribution in [3.8, 4) is 0 Å². The number of rotatable bonds is 3. The maximum Gasteiger partial charge on any atom is 0.140 e. The highest BCUT2D eigenvalue weighted by molar-refractivity contribution is 5.84. The Kier molecular flexibility index (Phi) is 3.79. The fourth-order valence-corrected chi connectivity index (χ4v) is 3.15. The molecule has 0 amide bonds. The normalized spacial score (nSPS) is 36.7. The average molecular weight is 209 g/mol. The van der Waals surface area contributed by atoms with Crippen LogP contribution in [0.15, 0.2) is 0 Å². The number of hydrogen-bond donors (Lipinski definition) is 1. The minimum Gasteiger partial charge on any atom is -0.316 e. The molecule has 1 N–H and O–H groups in total. The summed E-state index contributed by atoms with van der Waals surface area (Å²) in [6, 6.07) is 0. The van der Waals surface area contributed by atoms with Crippen molar-refractivity contribution in [3.05, 3.63) is 0 Å². The Hall–Kier alpha value is -0.370. The fourth-order valence-electron chi connectivity index (χ4n) is 3.15. The van der Waals surface area contributed by atoms with Gasteiger partial charge in [0.2, 0.25) is 0 Å². The minimum atomic E-state index is 0.339. The van der Waals surface area contributed by atoms with Crippen molar-refractivity contribution in [2.75, 3.05) is 13.1 Å². The van der Waals surface area contributed by atoms with E-state index in [0.29, 0.717) is 17.6 Å². The summed E-state index contributed by atoms with van der Waals surface area (Å²) in [5, 5.41) is 3.30. The first-order valence-corrected chi connectivity index (χ1v) is 6.55. The van der Waals surface area contributed by atoms with Crippen LogP contribution < -0.4 is 5.32 Å². The molecule has 3 unspecified atom stereocenters. The lowest BCUT2D eigenvalue weighted by atomic mass is 9.75. The fraction of sp³-hybridized carbons (Fsp3) is 0.923. The molecular formula is C13H23NO. The van der Waals surface area contributed by atoms with Gasteiger partial charge in [0.15, 0.2) is 0 Å². The Bertz CT molecular complexity index is 221. The molecule has 0 aromatic rings. The molecule has 3 atom stereocenters. The van der Waals surface area contributed by atoms with Crippen molar-refractivity contribution in [1.29, 1.82) is 0 Å². The van der Waals surface area contributed by atoms with Gasteiger partial charge >= 0.3 is 0 Å². The SMILES string of the molecule is CCC1CCCC(C(=O)C2CCNC2)C1. The zero-order chi connectivity index (χ0) is 10.7. The van der Waals surface area contributed by atoms with Gasteiger partial charge in [-0.2, -0.15) is 0 Å². The second-order valence-electron chi connectivity index (χ2n) is 5.23. The highest BCUT2D eigenvalue weighted by Gasteiger charge is 2.32. The van der Waals surface area contributed by atoms with Crippen LogP contribution in [0.2, 0.25) is 0 Å². The molecule has 86 valence electrons. The van der Waals surface area contributed by atoms with E-state index in [4.69, 9.17) is 0 Å². The predicted octanol–water partition coefficient (Wildman–Crippen LogP) is 2.38. The van der Waals surface area contributed by atoms with Crippen molar-refractivity contribution in [2.45, 2.75) is 45.4 Å². The van der Waals surface area contributed by atoms with E-state index < -0.39 is 0 Å². The van der Waals surface area contributed by atoms with Gasteiger partial charge < -0.3 is 5.32 Å². The molecule has 1 aliphatic carbocycles. The summed E-state index contributed by atoms with van der Waals surface area (Å²) in [5.74, 6) is 2.12. The van der Waals surface area contributed by atoms with Crippen LogP contribution in [0.25, 0.3) is 0 Å². The third kappa shape index (κ3) is 2.60. The highest BCUT2D eigenvalue weighted by Crippen LogP contribution is 2.33. The Labute approximate surface area is 92.8 Å². The van der Waals surface area contributed by atoms with Crippen molar-refractivity contribution < 1.29 is 4.79 Å². The molecule has 1 aliphatic heterocycles. The van der Waals surface area contributed by atoms with Crippen LogP contribution in [-0.2, 0) is 4.79 Å². The Balaban J connectivity index is 1.88. The Morgan fingerprint density at radius 2 is 2.13 bits per heavy atom. The molecule has 2 heteroatoms. The molecule has 1 saturated carbocycles. The highest BCUT2D eigenvalue weighted by atomic mass is 16.1. The van der Waals surface area contributed by atoms with E-state index in [9.17, 15) is 4.79 Å². The maximum atomic E-state index is 12.2. The second-order valence-corrected chi connectivity index (χ2v) is 5.23. The molecule has 0 aromatic heterocycles. The van der Waals surface area contributed by atoms with Crippen molar-refractivity contribution in [1.82, 2.24) is 5.32 Å². The molecule has 2 nitrogen and oxygen atoms in total. The molecule has 1 saturated heterocycles. The number of carbonyl (C=O) groups excluding carboxylic acids is 1. The molecule has 0 bridgehead atoms. The number of hydrogen-bond acceptors (Lipinski definition) is 2. The molecule has 15 heavy (non-hydrogen) atoms. The Morgan fingerprint density at radius 3 is 2.80 bits per heavy atom. The van der Waals surface area contributed by atoms with Gasteiger partial charge in [-0.25, -0.2) is 0 Å². The smallest absolute Gasteiger partial charge is 0.140 e. The van der Waals surface area contributed by atoms with Crippen LogP contribution in [0.5, 0.6) is 0 Å². The predicted molar refractivity (Wildman–Crippen MR) is 61.7 cm³/mol. The quantitative estimate of drug-likeness (QED) is 0.773. The largest absolute Gasteiger partial charge is 0.316 e. The van der Waals surface area contributed by atoms with E-state index in [2.05, 4.69) is 12.2 Å². The number of carbonyl (C=O) groups is 1. The van der Waals surface area contributed by atoms with E-state index in [-0.39, 0.29) is 0 Å². The summed E-state index contributed by atoms with van der Waals surface area (Å²) in [5.41, 5.74) is 0. The van der Waals surface area contributed by atoms with Crippen molar-refractivity contribution >= 4 is 5.78 Å². The molecule has 2 aliphatic rings. The van der Waals surface area contributed by atoms with E-state index in [1.165, 1.54) is 25.7 Å². The topological polar surface area (TPSA) is 29.1 Å². The zero-order valence-corrected chi connectivity index (χ0v) is 9.80. The van der Waals surface area contributed by atoms with Gasteiger partial charge in [-0.1, -0.05) is 26.2 Å². The van der Waals surface area contributed by atoms with Gasteiger partial charge in [-0.05, 0) is 31.7 Å². The molecule has 0 aromatic carbocycles. The molecule has 1 heterocycles. The summed E-state index contributed by atoms with van der Waals surface area (Å²) < 4.78 is 0. The van der Waals surface area contributed by atoms with Crippen LogP contribution in [0.3, 0.4) is 0 Å². The monoisotopic (exact) mass is 209 g/mol. The number of ketones is 1. The van der Waals surface area contributed by atoms with Crippen molar-refractivity contribution in [3.63, 3.8) is 0 Å². The molecule has 2 rings (SSSR count). The standard InChI is InChI=1S/C13H23NO/c1-2-10-4-3-5-11(8-10)13(15)12-6-7-14-9-12/h10-12,14H,2-9H2,1H3. The van der Waals surface area contributed by atoms with Gasteiger partial charge in [0.05, 0.1) is 0 Å². The minimum absolute atomic E-state index is 0.339. The van der Waals surface area contributed by atoms with Crippen LogP contribution >= 0.6 is 0 Å². The van der Waals surface area contributed by atoms with E-state index >= 15 is 0 Å². The maximum absolute atomic E-state index is 12.2. The second kappa shape index (κ2) is 5.11. The van der Waals surface area contributed by atoms with E-state index in [1.807, 2.05) is 0 Å². The third-order valence-electron chi connectivity index (χ3n) is 4.23. The molecule has 0 spiro atoms.